The lowest BCUT2D eigenvalue weighted by molar-refractivity contribution is 0.319. The van der Waals surface area contributed by atoms with Gasteiger partial charge in [0.1, 0.15) is 5.76 Å². The highest BCUT2D eigenvalue weighted by atomic mass is 16.5. The van der Waals surface area contributed by atoms with Crippen LogP contribution in [0.2, 0.25) is 0 Å². The molecule has 5 heteroatoms. The second kappa shape index (κ2) is 9.09. The molecule has 1 saturated heterocycles. The van der Waals surface area contributed by atoms with E-state index in [-0.39, 0.29) is 0 Å². The zero-order valence-electron chi connectivity index (χ0n) is 16.1. The molecule has 1 aromatic rings. The van der Waals surface area contributed by atoms with Crippen molar-refractivity contribution in [3.8, 4) is 0 Å². The molecule has 1 atom stereocenters. The van der Waals surface area contributed by atoms with Crippen LogP contribution in [0.1, 0.15) is 57.1 Å². The van der Waals surface area contributed by atoms with Gasteiger partial charge in [0, 0.05) is 31.7 Å². The van der Waals surface area contributed by atoms with Gasteiger partial charge in [0.25, 0.3) is 0 Å². The van der Waals surface area contributed by atoms with E-state index in [9.17, 15) is 0 Å². The Balaban J connectivity index is 1.96. The number of guanidine groups is 1. The Kier molecular flexibility index (Phi) is 7.13. The maximum atomic E-state index is 5.24. The molecular weight excluding hydrogens is 300 g/mol. The summed E-state index contributed by atoms with van der Waals surface area (Å²) in [5, 5.41) is 7.49. The zero-order chi connectivity index (χ0) is 17.5. The molecule has 136 valence electrons. The van der Waals surface area contributed by atoms with E-state index < -0.39 is 0 Å². The fraction of sp³-hybridized carbons (Fsp3) is 0.789. The van der Waals surface area contributed by atoms with Crippen molar-refractivity contribution in [2.75, 3.05) is 26.2 Å². The van der Waals surface area contributed by atoms with Crippen molar-refractivity contribution < 1.29 is 4.52 Å². The first-order chi connectivity index (χ1) is 11.6. The fourth-order valence-electron chi connectivity index (χ4n) is 3.88. The number of hydrogen-bond donors (Lipinski definition) is 1. The normalized spacial score (nSPS) is 18.7. The summed E-state index contributed by atoms with van der Waals surface area (Å²) in [6.07, 6.45) is 4.75. The van der Waals surface area contributed by atoms with Crippen molar-refractivity contribution in [2.45, 2.75) is 60.3 Å². The number of hydrogen-bond acceptors (Lipinski definition) is 3. The number of likely N-dealkylation sites (tertiary alicyclic amines) is 1. The van der Waals surface area contributed by atoms with Crippen LogP contribution in [0.25, 0.3) is 0 Å². The third-order valence-electron chi connectivity index (χ3n) is 5.38. The van der Waals surface area contributed by atoms with Crippen LogP contribution in [0.15, 0.2) is 9.52 Å². The highest BCUT2D eigenvalue weighted by Gasteiger charge is 2.29. The second-order valence-corrected chi connectivity index (χ2v) is 6.86. The van der Waals surface area contributed by atoms with E-state index in [1.54, 1.807) is 0 Å². The molecule has 1 unspecified atom stereocenters. The third kappa shape index (κ3) is 4.52. The van der Waals surface area contributed by atoms with Gasteiger partial charge in [0.15, 0.2) is 5.96 Å². The molecule has 1 N–H and O–H groups in total. The molecule has 2 rings (SSSR count). The fourth-order valence-corrected chi connectivity index (χ4v) is 3.88. The Morgan fingerprint density at radius 3 is 2.67 bits per heavy atom. The van der Waals surface area contributed by atoms with E-state index in [2.05, 4.69) is 36.1 Å². The Morgan fingerprint density at radius 2 is 2.08 bits per heavy atom. The van der Waals surface area contributed by atoms with E-state index in [1.807, 2.05) is 13.8 Å². The minimum absolute atomic E-state index is 0.775. The largest absolute Gasteiger partial charge is 0.361 e. The molecular formula is C19H34N4O. The van der Waals surface area contributed by atoms with Crippen LogP contribution in [0, 0.1) is 25.7 Å². The third-order valence-corrected chi connectivity index (χ3v) is 5.38. The first kappa shape index (κ1) is 18.8. The van der Waals surface area contributed by atoms with Gasteiger partial charge in [-0.1, -0.05) is 31.8 Å². The summed E-state index contributed by atoms with van der Waals surface area (Å²) < 4.78 is 5.24. The molecule has 1 aliphatic heterocycles. The summed E-state index contributed by atoms with van der Waals surface area (Å²) in [6.45, 7) is 14.7. The molecule has 0 saturated carbocycles. The van der Waals surface area contributed by atoms with Gasteiger partial charge in [-0.2, -0.15) is 0 Å². The standard InChI is InChI=1S/C19H34N4O/c1-6-16(7-2)17-10-12-23(13-17)19(20-8-3)21-11-9-18-14(4)22-24-15(18)5/h16-17H,6-13H2,1-5H3,(H,20,21). The maximum Gasteiger partial charge on any atom is 0.193 e. The first-order valence-electron chi connectivity index (χ1n) is 9.55. The molecule has 24 heavy (non-hydrogen) atoms. The number of rotatable bonds is 7. The van der Waals surface area contributed by atoms with Gasteiger partial charge in [0.2, 0.25) is 0 Å². The zero-order valence-corrected chi connectivity index (χ0v) is 16.1. The van der Waals surface area contributed by atoms with Gasteiger partial charge in [-0.05, 0) is 45.4 Å². The molecule has 2 heterocycles. The molecule has 1 fully saturated rings. The van der Waals surface area contributed by atoms with Gasteiger partial charge in [-0.3, -0.25) is 4.99 Å². The van der Waals surface area contributed by atoms with Crippen molar-refractivity contribution in [1.29, 1.82) is 0 Å². The Morgan fingerprint density at radius 1 is 1.33 bits per heavy atom. The lowest BCUT2D eigenvalue weighted by atomic mass is 9.87. The lowest BCUT2D eigenvalue weighted by Crippen LogP contribution is -2.40. The topological polar surface area (TPSA) is 53.7 Å². The molecule has 0 amide bonds. The molecule has 0 bridgehead atoms. The molecule has 0 radical (unpaired) electrons. The average Bonchev–Trinajstić information content (AvgIpc) is 3.17. The molecule has 0 spiro atoms. The minimum atomic E-state index is 0.775. The second-order valence-electron chi connectivity index (χ2n) is 6.86. The smallest absolute Gasteiger partial charge is 0.193 e. The van der Waals surface area contributed by atoms with Crippen molar-refractivity contribution in [1.82, 2.24) is 15.4 Å². The Hall–Kier alpha value is -1.52. The SMILES string of the molecule is CCNC(=NCCc1c(C)noc1C)N1CCC(C(CC)CC)C1. The highest BCUT2D eigenvalue weighted by molar-refractivity contribution is 5.80. The van der Waals surface area contributed by atoms with E-state index in [4.69, 9.17) is 9.52 Å². The van der Waals surface area contributed by atoms with Crippen molar-refractivity contribution >= 4 is 5.96 Å². The summed E-state index contributed by atoms with van der Waals surface area (Å²) >= 11 is 0. The van der Waals surface area contributed by atoms with E-state index >= 15 is 0 Å². The van der Waals surface area contributed by atoms with Crippen LogP contribution in [0.4, 0.5) is 0 Å². The summed E-state index contributed by atoms with van der Waals surface area (Å²) in [4.78, 5) is 7.30. The number of aromatic nitrogens is 1. The van der Waals surface area contributed by atoms with Crippen molar-refractivity contribution in [3.05, 3.63) is 17.0 Å². The van der Waals surface area contributed by atoms with Gasteiger partial charge in [-0.15, -0.1) is 0 Å². The van der Waals surface area contributed by atoms with Gasteiger partial charge in [-0.25, -0.2) is 0 Å². The number of aryl methyl sites for hydroxylation is 2. The van der Waals surface area contributed by atoms with Gasteiger partial charge in [0.05, 0.1) is 5.69 Å². The summed E-state index contributed by atoms with van der Waals surface area (Å²) in [5.74, 6) is 3.65. The quantitative estimate of drug-likeness (QED) is 0.612. The summed E-state index contributed by atoms with van der Waals surface area (Å²) in [6, 6.07) is 0. The van der Waals surface area contributed by atoms with Crippen LogP contribution in [0.5, 0.6) is 0 Å². The monoisotopic (exact) mass is 334 g/mol. The van der Waals surface area contributed by atoms with E-state index in [1.165, 1.54) is 24.8 Å². The van der Waals surface area contributed by atoms with Gasteiger partial charge >= 0.3 is 0 Å². The average molecular weight is 335 g/mol. The number of nitrogens with zero attached hydrogens (tertiary/aromatic N) is 3. The van der Waals surface area contributed by atoms with E-state index in [0.29, 0.717) is 0 Å². The maximum absolute atomic E-state index is 5.24. The number of nitrogens with one attached hydrogen (secondary N) is 1. The van der Waals surface area contributed by atoms with Crippen LogP contribution in [0.3, 0.4) is 0 Å². The van der Waals surface area contributed by atoms with Crippen LogP contribution >= 0.6 is 0 Å². The molecule has 1 aromatic heterocycles. The predicted octanol–water partition coefficient (Wildman–Crippen LogP) is 3.56. The van der Waals surface area contributed by atoms with Crippen LogP contribution < -0.4 is 5.32 Å². The Bertz CT molecular complexity index is 514. The minimum Gasteiger partial charge on any atom is -0.361 e. The molecule has 0 aromatic carbocycles. The predicted molar refractivity (Wildman–Crippen MR) is 99.4 cm³/mol. The molecule has 5 nitrogen and oxygen atoms in total. The lowest BCUT2D eigenvalue weighted by Gasteiger charge is -2.24. The molecule has 1 aliphatic rings. The summed E-state index contributed by atoms with van der Waals surface area (Å²) in [7, 11) is 0. The van der Waals surface area contributed by atoms with Crippen molar-refractivity contribution in [2.24, 2.45) is 16.8 Å². The first-order valence-corrected chi connectivity index (χ1v) is 9.55. The van der Waals surface area contributed by atoms with E-state index in [0.717, 1.165) is 61.8 Å². The Labute approximate surface area is 146 Å². The van der Waals surface area contributed by atoms with Gasteiger partial charge < -0.3 is 14.7 Å². The molecule has 0 aliphatic carbocycles. The van der Waals surface area contributed by atoms with Crippen LogP contribution in [-0.4, -0.2) is 42.2 Å². The van der Waals surface area contributed by atoms with Crippen LogP contribution in [-0.2, 0) is 6.42 Å². The highest BCUT2D eigenvalue weighted by Crippen LogP contribution is 2.28. The summed E-state index contributed by atoms with van der Waals surface area (Å²) in [5.41, 5.74) is 2.19. The van der Waals surface area contributed by atoms with Crippen molar-refractivity contribution in [3.63, 3.8) is 0 Å². The number of aliphatic imine (C=N–C) groups is 1.